The van der Waals surface area contributed by atoms with Crippen molar-refractivity contribution in [3.05, 3.63) is 109 Å². The number of nitrogens with two attached hydrogens (primary N) is 1. The molecule has 0 spiro atoms. The van der Waals surface area contributed by atoms with E-state index in [-0.39, 0.29) is 38.8 Å². The Morgan fingerprint density at radius 2 is 1.22 bits per heavy atom. The first-order chi connectivity index (χ1) is 28.0. The fourth-order valence-corrected chi connectivity index (χ4v) is 5.61. The van der Waals surface area contributed by atoms with Gasteiger partial charge in [-0.3, -0.25) is 18.6 Å². The van der Waals surface area contributed by atoms with Crippen molar-refractivity contribution >= 4 is 19.8 Å². The highest BCUT2D eigenvalue weighted by Crippen LogP contribution is 2.43. The standard InChI is InChI=1S/C45H72NO11P/c1-3-5-7-8-9-10-11-12-13-14-15-16-17-18-19-24-28-34-44(50)54-38-41(39-56-58(52,53)55-37-36-46)57-45(51)35-29-33-43(49)42(48)32-27-23-21-20-22-26-31-40(47)30-25-6-4-2/h5-7,9-10,12-13,15-16,20-23,25-27,31-32,40-43,47-49H,3-4,8,11,14,17-19,24,28-30,33-39,46H2,1-2H3,(H,52,53)/b7-5-,10-9-,13-12-,16-15-,22-20+,23-21-,25-6-,31-26+,32-27-/t40-,41+,42+,43+/m0/s1. The Morgan fingerprint density at radius 3 is 1.88 bits per heavy atom. The molecule has 0 bridgehead atoms. The first kappa shape index (κ1) is 54.6. The van der Waals surface area contributed by atoms with Gasteiger partial charge in [-0.05, 0) is 70.6 Å². The van der Waals surface area contributed by atoms with Crippen LogP contribution in [0.1, 0.15) is 110 Å². The van der Waals surface area contributed by atoms with Crippen LogP contribution in [0.25, 0.3) is 0 Å². The molecule has 0 amide bonds. The number of hydrogen-bond acceptors (Lipinski definition) is 11. The van der Waals surface area contributed by atoms with Gasteiger partial charge in [-0.25, -0.2) is 4.57 Å². The summed E-state index contributed by atoms with van der Waals surface area (Å²) in [6.07, 6.45) is 40.6. The van der Waals surface area contributed by atoms with E-state index in [1.807, 2.05) is 19.1 Å². The molecule has 12 nitrogen and oxygen atoms in total. The summed E-state index contributed by atoms with van der Waals surface area (Å²) < 4.78 is 32.5. The highest BCUT2D eigenvalue weighted by molar-refractivity contribution is 7.47. The Kier molecular flexibility index (Phi) is 36.7. The van der Waals surface area contributed by atoms with E-state index in [0.717, 1.165) is 57.8 Å². The molecule has 0 aliphatic rings. The Morgan fingerprint density at radius 1 is 0.655 bits per heavy atom. The molecule has 0 aliphatic carbocycles. The lowest BCUT2D eigenvalue weighted by atomic mass is 10.1. The molecule has 0 aromatic rings. The molecular weight excluding hydrogens is 761 g/mol. The summed E-state index contributed by atoms with van der Waals surface area (Å²) in [7, 11) is -4.49. The van der Waals surface area contributed by atoms with Gasteiger partial charge in [0.05, 0.1) is 31.5 Å². The van der Waals surface area contributed by atoms with Crippen molar-refractivity contribution in [2.45, 2.75) is 135 Å². The van der Waals surface area contributed by atoms with Crippen LogP contribution < -0.4 is 5.73 Å². The smallest absolute Gasteiger partial charge is 0.462 e. The van der Waals surface area contributed by atoms with Crippen molar-refractivity contribution in [3.8, 4) is 0 Å². The minimum absolute atomic E-state index is 0.0131. The number of ether oxygens (including phenoxy) is 2. The van der Waals surface area contributed by atoms with Crippen molar-refractivity contribution in [2.24, 2.45) is 5.73 Å². The van der Waals surface area contributed by atoms with Crippen LogP contribution in [0.3, 0.4) is 0 Å². The zero-order chi connectivity index (χ0) is 43.0. The molecule has 1 unspecified atom stereocenters. The summed E-state index contributed by atoms with van der Waals surface area (Å²) >= 11 is 0. The average molecular weight is 834 g/mol. The summed E-state index contributed by atoms with van der Waals surface area (Å²) in [6.45, 7) is 2.95. The third-order valence-electron chi connectivity index (χ3n) is 8.00. The van der Waals surface area contributed by atoms with E-state index < -0.39 is 57.4 Å². The molecule has 0 fully saturated rings. The summed E-state index contributed by atoms with van der Waals surface area (Å²) in [5, 5.41) is 30.4. The van der Waals surface area contributed by atoms with E-state index in [2.05, 4.69) is 55.5 Å². The number of allylic oxidation sites excluding steroid dienone is 15. The molecule has 6 N–H and O–H groups in total. The molecule has 328 valence electrons. The number of carbonyl (C=O) groups excluding carboxylic acids is 2. The lowest BCUT2D eigenvalue weighted by Gasteiger charge is -2.20. The van der Waals surface area contributed by atoms with Gasteiger partial charge >= 0.3 is 19.8 Å². The molecule has 0 aliphatic heterocycles. The van der Waals surface area contributed by atoms with Gasteiger partial charge < -0.3 is 35.4 Å². The number of carbonyl (C=O) groups is 2. The number of unbranched alkanes of at least 4 members (excludes halogenated alkanes) is 4. The Bertz CT molecular complexity index is 1370. The van der Waals surface area contributed by atoms with E-state index in [1.54, 1.807) is 42.5 Å². The maximum Gasteiger partial charge on any atom is 0.472 e. The normalized spacial score (nSPS) is 16.1. The monoisotopic (exact) mass is 833 g/mol. The Labute approximate surface area is 347 Å². The minimum Gasteiger partial charge on any atom is -0.462 e. The highest BCUT2D eigenvalue weighted by atomic mass is 31.2. The number of aliphatic hydroxyl groups excluding tert-OH is 3. The van der Waals surface area contributed by atoms with Crippen LogP contribution in [0.4, 0.5) is 0 Å². The second-order valence-corrected chi connectivity index (χ2v) is 14.8. The van der Waals surface area contributed by atoms with E-state index >= 15 is 0 Å². The second kappa shape index (κ2) is 39.0. The van der Waals surface area contributed by atoms with Crippen LogP contribution in [-0.4, -0.2) is 82.9 Å². The molecule has 0 saturated carbocycles. The molecule has 0 aromatic carbocycles. The van der Waals surface area contributed by atoms with Crippen molar-refractivity contribution in [3.63, 3.8) is 0 Å². The zero-order valence-electron chi connectivity index (χ0n) is 34.8. The van der Waals surface area contributed by atoms with Gasteiger partial charge in [0, 0.05) is 19.4 Å². The fourth-order valence-electron chi connectivity index (χ4n) is 4.85. The third kappa shape index (κ3) is 36.9. The van der Waals surface area contributed by atoms with Crippen LogP contribution in [0.2, 0.25) is 0 Å². The number of esters is 2. The summed E-state index contributed by atoms with van der Waals surface area (Å²) in [4.78, 5) is 34.9. The van der Waals surface area contributed by atoms with Crippen LogP contribution in [0.15, 0.2) is 109 Å². The molecule has 0 radical (unpaired) electrons. The van der Waals surface area contributed by atoms with Crippen LogP contribution in [-0.2, 0) is 32.7 Å². The fraction of sp³-hybridized carbons (Fsp3) is 0.556. The Hall–Kier alpha value is -3.45. The van der Waals surface area contributed by atoms with E-state index in [0.29, 0.717) is 12.8 Å². The summed E-state index contributed by atoms with van der Waals surface area (Å²) in [5.41, 5.74) is 5.32. The van der Waals surface area contributed by atoms with Gasteiger partial charge in [-0.15, -0.1) is 0 Å². The average Bonchev–Trinajstić information content (AvgIpc) is 3.20. The molecule has 0 rings (SSSR count). The van der Waals surface area contributed by atoms with Gasteiger partial charge in [-0.1, -0.05) is 136 Å². The van der Waals surface area contributed by atoms with E-state index in [4.69, 9.17) is 24.3 Å². The number of phosphoric acid groups is 1. The largest absolute Gasteiger partial charge is 0.472 e. The Balaban J connectivity index is 4.59. The quantitative estimate of drug-likeness (QED) is 0.0133. The van der Waals surface area contributed by atoms with E-state index in [9.17, 15) is 34.4 Å². The third-order valence-corrected chi connectivity index (χ3v) is 8.98. The molecule has 5 atom stereocenters. The maximum absolute atomic E-state index is 12.6. The van der Waals surface area contributed by atoms with Crippen LogP contribution in [0.5, 0.6) is 0 Å². The molecule has 58 heavy (non-hydrogen) atoms. The van der Waals surface area contributed by atoms with Crippen molar-refractivity contribution in [1.82, 2.24) is 0 Å². The van der Waals surface area contributed by atoms with Crippen LogP contribution >= 0.6 is 7.82 Å². The van der Waals surface area contributed by atoms with Gasteiger partial charge in [-0.2, -0.15) is 0 Å². The molecule has 0 heterocycles. The van der Waals surface area contributed by atoms with Gasteiger partial charge in [0.15, 0.2) is 6.10 Å². The van der Waals surface area contributed by atoms with Crippen molar-refractivity contribution in [1.29, 1.82) is 0 Å². The molecule has 13 heteroatoms. The van der Waals surface area contributed by atoms with Crippen LogP contribution in [0, 0.1) is 0 Å². The predicted molar refractivity (Wildman–Crippen MR) is 233 cm³/mol. The van der Waals surface area contributed by atoms with Gasteiger partial charge in [0.2, 0.25) is 0 Å². The lowest BCUT2D eigenvalue weighted by molar-refractivity contribution is -0.161. The SMILES string of the molecule is CC/C=C\C/C=C\C/C=C\C/C=C\CCCCCCC(=O)OC[C@H](COP(=O)(O)OCCN)OC(=O)CCC[C@@H](O)[C@H](O)\C=C/C=C\C=C\C=C\[C@@H](O)C/C=C\CC. The van der Waals surface area contributed by atoms with Gasteiger partial charge in [0.1, 0.15) is 6.61 Å². The summed E-state index contributed by atoms with van der Waals surface area (Å²) in [6, 6.07) is 0. The zero-order valence-corrected chi connectivity index (χ0v) is 35.7. The number of rotatable bonds is 36. The molecule has 0 aromatic heterocycles. The summed E-state index contributed by atoms with van der Waals surface area (Å²) in [5.74, 6) is -1.20. The minimum atomic E-state index is -4.49. The second-order valence-electron chi connectivity index (χ2n) is 13.3. The topological polar surface area (TPSA) is 195 Å². The predicted octanol–water partition coefficient (Wildman–Crippen LogP) is 8.51. The highest BCUT2D eigenvalue weighted by Gasteiger charge is 2.26. The molecular formula is C45H72NO11P. The number of aliphatic hydroxyl groups is 3. The molecule has 0 saturated heterocycles. The lowest BCUT2D eigenvalue weighted by Crippen LogP contribution is -2.30. The first-order valence-electron chi connectivity index (χ1n) is 20.7. The van der Waals surface area contributed by atoms with Crippen molar-refractivity contribution in [2.75, 3.05) is 26.4 Å². The first-order valence-corrected chi connectivity index (χ1v) is 22.2. The van der Waals surface area contributed by atoms with Crippen molar-refractivity contribution < 1.29 is 52.9 Å². The van der Waals surface area contributed by atoms with Gasteiger partial charge in [0.25, 0.3) is 0 Å². The number of hydrogen-bond donors (Lipinski definition) is 5. The maximum atomic E-state index is 12.6. The number of phosphoric ester groups is 1. The van der Waals surface area contributed by atoms with E-state index in [1.165, 1.54) is 6.08 Å².